The summed E-state index contributed by atoms with van der Waals surface area (Å²) in [6.07, 6.45) is -0.286. The molecular weight excluding hydrogens is 344 g/mol. The monoisotopic (exact) mass is 366 g/mol. The van der Waals surface area contributed by atoms with Crippen molar-refractivity contribution in [2.24, 2.45) is 11.5 Å². The quantitative estimate of drug-likeness (QED) is 0.282. The summed E-state index contributed by atoms with van der Waals surface area (Å²) in [4.78, 5) is 46.1. The molecule has 0 aliphatic rings. The molecule has 0 spiro atoms. The van der Waals surface area contributed by atoms with E-state index in [1.54, 1.807) is 0 Å². The minimum atomic E-state index is -1.27. The van der Waals surface area contributed by atoms with Crippen LogP contribution in [0, 0.1) is 0 Å². The van der Waals surface area contributed by atoms with E-state index in [9.17, 15) is 29.4 Å². The zero-order valence-corrected chi connectivity index (χ0v) is 14.0. The molecule has 3 amide bonds. The maximum absolute atomic E-state index is 12.3. The largest absolute Gasteiger partial charge is 0.508 e. The number of phenols is 1. The number of hydrogen-bond acceptors (Lipinski definition) is 6. The molecule has 10 heteroatoms. The van der Waals surface area contributed by atoms with Gasteiger partial charge in [-0.3, -0.25) is 14.4 Å². The number of primary amides is 1. The Morgan fingerprint density at radius 2 is 1.65 bits per heavy atom. The van der Waals surface area contributed by atoms with Gasteiger partial charge < -0.3 is 32.3 Å². The minimum absolute atomic E-state index is 0.0284. The molecule has 1 aromatic carbocycles. The normalized spacial score (nSPS) is 12.7. The van der Waals surface area contributed by atoms with Gasteiger partial charge in [0.25, 0.3) is 0 Å². The van der Waals surface area contributed by atoms with E-state index in [1.165, 1.54) is 24.3 Å². The number of aromatic hydroxyl groups is 1. The van der Waals surface area contributed by atoms with Gasteiger partial charge in [0, 0.05) is 12.8 Å². The standard InChI is InChI=1S/C16H22N4O6/c17-8-14(23)19-11(5-6-13(18)22)15(24)20-12(16(25)26)7-9-1-3-10(21)4-2-9/h1-4,11-12,21H,5-8,17H2,(H2,18,22)(H,19,23)(H,20,24)(H,25,26). The van der Waals surface area contributed by atoms with Crippen molar-refractivity contribution in [3.05, 3.63) is 29.8 Å². The van der Waals surface area contributed by atoms with Crippen molar-refractivity contribution in [3.63, 3.8) is 0 Å². The van der Waals surface area contributed by atoms with Gasteiger partial charge in [0.2, 0.25) is 17.7 Å². The fourth-order valence-electron chi connectivity index (χ4n) is 2.15. The molecular formula is C16H22N4O6. The lowest BCUT2D eigenvalue weighted by molar-refractivity contribution is -0.142. The number of aliphatic carboxylic acids is 1. The molecule has 1 aromatic rings. The van der Waals surface area contributed by atoms with Crippen LogP contribution in [0.3, 0.4) is 0 Å². The lowest BCUT2D eigenvalue weighted by Crippen LogP contribution is -2.53. The van der Waals surface area contributed by atoms with Crippen LogP contribution in [-0.2, 0) is 25.6 Å². The molecule has 0 aromatic heterocycles. The van der Waals surface area contributed by atoms with Crippen LogP contribution in [-0.4, -0.2) is 52.5 Å². The fourth-order valence-corrected chi connectivity index (χ4v) is 2.15. The first kappa shape index (κ1) is 20.9. The highest BCUT2D eigenvalue weighted by atomic mass is 16.4. The maximum atomic E-state index is 12.3. The average Bonchev–Trinajstić information content (AvgIpc) is 2.59. The number of nitrogens with two attached hydrogens (primary N) is 2. The van der Waals surface area contributed by atoms with Crippen molar-refractivity contribution >= 4 is 23.7 Å². The van der Waals surface area contributed by atoms with Crippen LogP contribution in [0.4, 0.5) is 0 Å². The summed E-state index contributed by atoms with van der Waals surface area (Å²) in [7, 11) is 0. The molecule has 0 saturated heterocycles. The van der Waals surface area contributed by atoms with Gasteiger partial charge in [0.1, 0.15) is 17.8 Å². The molecule has 8 N–H and O–H groups in total. The molecule has 0 aliphatic carbocycles. The molecule has 0 bridgehead atoms. The van der Waals surface area contributed by atoms with Crippen molar-refractivity contribution in [1.29, 1.82) is 0 Å². The number of amides is 3. The summed E-state index contributed by atoms with van der Waals surface area (Å²) < 4.78 is 0. The highest BCUT2D eigenvalue weighted by molar-refractivity contribution is 5.91. The van der Waals surface area contributed by atoms with Crippen LogP contribution >= 0.6 is 0 Å². The molecule has 2 unspecified atom stereocenters. The molecule has 0 aliphatic heterocycles. The number of carbonyl (C=O) groups excluding carboxylic acids is 3. The highest BCUT2D eigenvalue weighted by Crippen LogP contribution is 2.11. The Morgan fingerprint density at radius 1 is 1.04 bits per heavy atom. The fraction of sp³-hybridized carbons (Fsp3) is 0.375. The maximum Gasteiger partial charge on any atom is 0.326 e. The van der Waals surface area contributed by atoms with Gasteiger partial charge in [-0.25, -0.2) is 4.79 Å². The number of carbonyl (C=O) groups is 4. The van der Waals surface area contributed by atoms with Crippen LogP contribution in [0.2, 0.25) is 0 Å². The Bertz CT molecular complexity index is 661. The number of nitrogens with one attached hydrogen (secondary N) is 2. The van der Waals surface area contributed by atoms with E-state index in [-0.39, 0.29) is 31.6 Å². The first-order valence-electron chi connectivity index (χ1n) is 7.81. The van der Waals surface area contributed by atoms with Crippen LogP contribution in [0.5, 0.6) is 5.75 Å². The van der Waals surface area contributed by atoms with Crippen molar-refractivity contribution in [1.82, 2.24) is 10.6 Å². The number of carboxylic acid groups (broad SMARTS) is 1. The average molecular weight is 366 g/mol. The van der Waals surface area contributed by atoms with Crippen LogP contribution in [0.1, 0.15) is 18.4 Å². The van der Waals surface area contributed by atoms with E-state index in [0.29, 0.717) is 5.56 Å². The van der Waals surface area contributed by atoms with Gasteiger partial charge >= 0.3 is 5.97 Å². The summed E-state index contributed by atoms with van der Waals surface area (Å²) in [5, 5.41) is 23.2. The van der Waals surface area contributed by atoms with Crippen LogP contribution in [0.25, 0.3) is 0 Å². The zero-order valence-electron chi connectivity index (χ0n) is 14.0. The number of carboxylic acids is 1. The third kappa shape index (κ3) is 7.18. The van der Waals surface area contributed by atoms with Crippen molar-refractivity contribution in [2.75, 3.05) is 6.54 Å². The number of benzene rings is 1. The van der Waals surface area contributed by atoms with E-state index >= 15 is 0 Å². The molecule has 10 nitrogen and oxygen atoms in total. The molecule has 2 atom stereocenters. The molecule has 0 fully saturated rings. The number of hydrogen-bond donors (Lipinski definition) is 6. The van der Waals surface area contributed by atoms with Gasteiger partial charge in [-0.2, -0.15) is 0 Å². The van der Waals surface area contributed by atoms with Gasteiger partial charge in [0.15, 0.2) is 0 Å². The predicted molar refractivity (Wildman–Crippen MR) is 90.8 cm³/mol. The second-order valence-electron chi connectivity index (χ2n) is 5.60. The van der Waals surface area contributed by atoms with E-state index in [1.807, 2.05) is 0 Å². The third-order valence-electron chi connectivity index (χ3n) is 3.51. The molecule has 142 valence electrons. The van der Waals surface area contributed by atoms with E-state index < -0.39 is 35.8 Å². The van der Waals surface area contributed by atoms with Gasteiger partial charge in [-0.05, 0) is 24.1 Å². The SMILES string of the molecule is NCC(=O)NC(CCC(N)=O)C(=O)NC(Cc1ccc(O)cc1)C(=O)O. The summed E-state index contributed by atoms with van der Waals surface area (Å²) in [6.45, 7) is -0.365. The smallest absolute Gasteiger partial charge is 0.326 e. The van der Waals surface area contributed by atoms with E-state index in [0.717, 1.165) is 0 Å². The zero-order chi connectivity index (χ0) is 19.7. The van der Waals surface area contributed by atoms with Crippen LogP contribution in [0.15, 0.2) is 24.3 Å². The molecule has 0 saturated carbocycles. The minimum Gasteiger partial charge on any atom is -0.508 e. The Balaban J connectivity index is 2.82. The summed E-state index contributed by atoms with van der Waals surface area (Å²) in [5.74, 6) is -3.30. The van der Waals surface area contributed by atoms with E-state index in [2.05, 4.69) is 10.6 Å². The Kier molecular flexibility index (Phi) is 8.03. The molecule has 1 rings (SSSR count). The topological polar surface area (TPSA) is 185 Å². The van der Waals surface area contributed by atoms with Gasteiger partial charge in [0.05, 0.1) is 6.54 Å². The predicted octanol–water partition coefficient (Wildman–Crippen LogP) is -1.79. The summed E-state index contributed by atoms with van der Waals surface area (Å²) in [5.41, 5.74) is 10.8. The third-order valence-corrected chi connectivity index (χ3v) is 3.51. The number of rotatable bonds is 10. The molecule has 26 heavy (non-hydrogen) atoms. The highest BCUT2D eigenvalue weighted by Gasteiger charge is 2.26. The van der Waals surface area contributed by atoms with E-state index in [4.69, 9.17) is 11.5 Å². The van der Waals surface area contributed by atoms with Gasteiger partial charge in [-0.1, -0.05) is 12.1 Å². The van der Waals surface area contributed by atoms with Gasteiger partial charge in [-0.15, -0.1) is 0 Å². The Labute approximate surface area is 149 Å². The number of phenolic OH excluding ortho intramolecular Hbond substituents is 1. The lowest BCUT2D eigenvalue weighted by atomic mass is 10.0. The van der Waals surface area contributed by atoms with Crippen molar-refractivity contribution in [3.8, 4) is 5.75 Å². The Morgan fingerprint density at radius 3 is 2.15 bits per heavy atom. The molecule has 0 radical (unpaired) electrons. The van der Waals surface area contributed by atoms with Crippen molar-refractivity contribution < 1.29 is 29.4 Å². The summed E-state index contributed by atoms with van der Waals surface area (Å²) in [6, 6.07) is 3.44. The second-order valence-corrected chi connectivity index (χ2v) is 5.60. The first-order valence-corrected chi connectivity index (χ1v) is 7.81. The lowest BCUT2D eigenvalue weighted by Gasteiger charge is -2.21. The first-order chi connectivity index (χ1) is 12.2. The second kappa shape index (κ2) is 9.99. The Hall–Kier alpha value is -3.14. The molecule has 0 heterocycles. The van der Waals surface area contributed by atoms with Crippen molar-refractivity contribution in [2.45, 2.75) is 31.3 Å². The summed E-state index contributed by atoms with van der Waals surface area (Å²) >= 11 is 0. The van der Waals surface area contributed by atoms with Crippen LogP contribution < -0.4 is 22.1 Å².